The predicted octanol–water partition coefficient (Wildman–Crippen LogP) is 4.57. The Balaban J connectivity index is 1.60. The number of rotatable bonds is 7. The fourth-order valence-electron chi connectivity index (χ4n) is 3.35. The number of methoxy groups -OCH3 is 1. The highest BCUT2D eigenvalue weighted by Crippen LogP contribution is 2.30. The lowest BCUT2D eigenvalue weighted by Crippen LogP contribution is -2.17. The van der Waals surface area contributed by atoms with E-state index in [0.29, 0.717) is 18.4 Å². The average molecular weight is 422 g/mol. The molecular formula is C23H23N3O3S. The number of imidazole rings is 1. The van der Waals surface area contributed by atoms with Gasteiger partial charge >= 0.3 is 0 Å². The molecule has 4 rings (SSSR count). The van der Waals surface area contributed by atoms with Crippen LogP contribution in [0.3, 0.4) is 0 Å². The average Bonchev–Trinajstić information content (AvgIpc) is 3.34. The number of benzene rings is 2. The van der Waals surface area contributed by atoms with Gasteiger partial charge in [-0.3, -0.25) is 14.0 Å². The number of ketones is 1. The van der Waals surface area contributed by atoms with E-state index in [-0.39, 0.29) is 17.8 Å². The van der Waals surface area contributed by atoms with Crippen molar-refractivity contribution in [1.82, 2.24) is 14.7 Å². The molecule has 154 valence electrons. The second-order valence-corrected chi connectivity index (χ2v) is 8.24. The summed E-state index contributed by atoms with van der Waals surface area (Å²) in [5, 5.41) is 2.62. The Morgan fingerprint density at radius 3 is 2.60 bits per heavy atom. The van der Waals surface area contributed by atoms with Crippen molar-refractivity contribution >= 4 is 38.2 Å². The first kappa shape index (κ1) is 20.3. The summed E-state index contributed by atoms with van der Waals surface area (Å²) in [7, 11) is 3.27. The summed E-state index contributed by atoms with van der Waals surface area (Å²) in [5.74, 6) is 0.0177. The topological polar surface area (TPSA) is 72.7 Å². The Bertz CT molecular complexity index is 1220. The number of Topliss-reactive ketones (excluding diaryl/α,β-unsaturated/α-hetero) is 1. The lowest BCUT2D eigenvalue weighted by Gasteiger charge is -2.08. The molecule has 1 amide bonds. The number of amides is 1. The monoisotopic (exact) mass is 421 g/mol. The van der Waals surface area contributed by atoms with Crippen LogP contribution in [0.4, 0.5) is 0 Å². The molecule has 0 bridgehead atoms. The van der Waals surface area contributed by atoms with Crippen LogP contribution in [0.5, 0.6) is 0 Å². The van der Waals surface area contributed by atoms with E-state index in [4.69, 9.17) is 9.72 Å². The molecule has 4 aromatic rings. The molecule has 0 aliphatic heterocycles. The van der Waals surface area contributed by atoms with Crippen LogP contribution in [-0.4, -0.2) is 41.3 Å². The molecule has 1 unspecified atom stereocenters. The van der Waals surface area contributed by atoms with E-state index in [1.165, 1.54) is 0 Å². The zero-order chi connectivity index (χ0) is 21.3. The van der Waals surface area contributed by atoms with Crippen molar-refractivity contribution in [3.05, 3.63) is 59.8 Å². The molecule has 0 saturated heterocycles. The molecule has 0 aliphatic rings. The van der Waals surface area contributed by atoms with Gasteiger partial charge in [-0.1, -0.05) is 23.5 Å². The van der Waals surface area contributed by atoms with Crippen molar-refractivity contribution in [2.45, 2.75) is 25.9 Å². The van der Waals surface area contributed by atoms with Crippen molar-refractivity contribution < 1.29 is 14.3 Å². The highest BCUT2D eigenvalue weighted by molar-refractivity contribution is 7.23. The molecule has 2 aromatic heterocycles. The number of thiazole rings is 1. The summed E-state index contributed by atoms with van der Waals surface area (Å²) in [6, 6.07) is 13.2. The van der Waals surface area contributed by atoms with Crippen LogP contribution in [0.15, 0.2) is 48.7 Å². The summed E-state index contributed by atoms with van der Waals surface area (Å²) in [4.78, 5) is 29.8. The van der Waals surface area contributed by atoms with Gasteiger partial charge in [0.2, 0.25) is 0 Å². The van der Waals surface area contributed by atoms with Crippen molar-refractivity contribution in [1.29, 1.82) is 0 Å². The number of carbonyl (C=O) groups is 2. The van der Waals surface area contributed by atoms with E-state index < -0.39 is 0 Å². The molecule has 0 saturated carbocycles. The van der Waals surface area contributed by atoms with E-state index in [2.05, 4.69) is 5.32 Å². The van der Waals surface area contributed by atoms with Crippen LogP contribution in [0.2, 0.25) is 0 Å². The van der Waals surface area contributed by atoms with Crippen molar-refractivity contribution in [3.63, 3.8) is 0 Å². The van der Waals surface area contributed by atoms with E-state index >= 15 is 0 Å². The van der Waals surface area contributed by atoms with Gasteiger partial charge in [-0.15, -0.1) is 0 Å². The number of hydrogen-bond acceptors (Lipinski definition) is 5. The molecule has 1 atom stereocenters. The summed E-state index contributed by atoms with van der Waals surface area (Å²) in [6.45, 7) is 1.97. The van der Waals surface area contributed by atoms with Crippen LogP contribution >= 0.6 is 11.3 Å². The third-order valence-corrected chi connectivity index (χ3v) is 6.28. The fraction of sp³-hybridized carbons (Fsp3) is 0.261. The first-order valence-corrected chi connectivity index (χ1v) is 10.6. The molecule has 2 heterocycles. The first-order valence-electron chi connectivity index (χ1n) is 9.80. The Morgan fingerprint density at radius 1 is 1.17 bits per heavy atom. The van der Waals surface area contributed by atoms with Gasteiger partial charge in [0.15, 0.2) is 10.7 Å². The standard InChI is InChI=1S/C23H23N3O3S/c1-14(29-3)4-11-20(27)17-9-10-19-21(12-17)30-23-25-18(13-26(19)23)15-5-7-16(8-6-15)22(28)24-2/h5-10,12-14H,4,11H2,1-3H3,(H,24,28). The summed E-state index contributed by atoms with van der Waals surface area (Å²) < 4.78 is 8.30. The van der Waals surface area contributed by atoms with Gasteiger partial charge in [-0.25, -0.2) is 4.98 Å². The van der Waals surface area contributed by atoms with Crippen LogP contribution in [0, 0.1) is 0 Å². The molecule has 0 radical (unpaired) electrons. The van der Waals surface area contributed by atoms with Crippen LogP contribution < -0.4 is 5.32 Å². The lowest BCUT2D eigenvalue weighted by molar-refractivity contribution is 0.0877. The molecule has 7 heteroatoms. The van der Waals surface area contributed by atoms with Gasteiger partial charge in [0.25, 0.3) is 5.91 Å². The number of aromatic nitrogens is 2. The van der Waals surface area contributed by atoms with Gasteiger partial charge in [0, 0.05) is 43.5 Å². The van der Waals surface area contributed by atoms with Gasteiger partial charge < -0.3 is 10.1 Å². The van der Waals surface area contributed by atoms with Crippen LogP contribution in [0.25, 0.3) is 26.4 Å². The Hall–Kier alpha value is -3.03. The third-order valence-electron chi connectivity index (χ3n) is 5.27. The number of nitrogens with zero attached hydrogens (tertiary/aromatic N) is 2. The molecule has 2 aromatic carbocycles. The Kier molecular flexibility index (Phi) is 5.65. The minimum Gasteiger partial charge on any atom is -0.382 e. The second-order valence-electron chi connectivity index (χ2n) is 7.23. The van der Waals surface area contributed by atoms with E-state index in [1.807, 2.05) is 47.9 Å². The molecule has 0 fully saturated rings. The first-order chi connectivity index (χ1) is 14.5. The maximum Gasteiger partial charge on any atom is 0.251 e. The predicted molar refractivity (Wildman–Crippen MR) is 119 cm³/mol. The summed E-state index contributed by atoms with van der Waals surface area (Å²) in [5.41, 5.74) is 4.16. The molecule has 0 aliphatic carbocycles. The number of fused-ring (bicyclic) bond motifs is 3. The smallest absolute Gasteiger partial charge is 0.251 e. The van der Waals surface area contributed by atoms with Crippen molar-refractivity contribution in [2.24, 2.45) is 0 Å². The van der Waals surface area contributed by atoms with Gasteiger partial charge in [-0.2, -0.15) is 0 Å². The number of carbonyl (C=O) groups excluding carboxylic acids is 2. The Morgan fingerprint density at radius 2 is 1.90 bits per heavy atom. The minimum atomic E-state index is -0.111. The number of nitrogens with one attached hydrogen (secondary N) is 1. The van der Waals surface area contributed by atoms with E-state index in [1.54, 1.807) is 37.6 Å². The van der Waals surface area contributed by atoms with Crippen molar-refractivity contribution in [3.8, 4) is 11.3 Å². The third kappa shape index (κ3) is 3.86. The highest BCUT2D eigenvalue weighted by Gasteiger charge is 2.14. The van der Waals surface area contributed by atoms with Crippen LogP contribution in [-0.2, 0) is 4.74 Å². The van der Waals surface area contributed by atoms with Gasteiger partial charge in [0.1, 0.15) is 0 Å². The fourth-order valence-corrected chi connectivity index (χ4v) is 4.39. The van der Waals surface area contributed by atoms with Crippen molar-refractivity contribution in [2.75, 3.05) is 14.2 Å². The van der Waals surface area contributed by atoms with E-state index in [0.717, 1.165) is 32.0 Å². The second kappa shape index (κ2) is 8.38. The van der Waals surface area contributed by atoms with Crippen LogP contribution in [0.1, 0.15) is 40.5 Å². The normalized spacial score (nSPS) is 12.4. The lowest BCUT2D eigenvalue weighted by atomic mass is 10.0. The number of ether oxygens (including phenoxy) is 1. The maximum absolute atomic E-state index is 12.5. The van der Waals surface area contributed by atoms with Gasteiger partial charge in [0.05, 0.1) is 22.0 Å². The molecular weight excluding hydrogens is 398 g/mol. The highest BCUT2D eigenvalue weighted by atomic mass is 32.1. The summed E-state index contributed by atoms with van der Waals surface area (Å²) >= 11 is 1.56. The SMILES string of the molecule is CNC(=O)c1ccc(-c2cn3c(n2)sc2cc(C(=O)CCC(C)OC)ccc23)cc1. The van der Waals surface area contributed by atoms with E-state index in [9.17, 15) is 9.59 Å². The molecule has 0 spiro atoms. The largest absolute Gasteiger partial charge is 0.382 e. The quantitative estimate of drug-likeness (QED) is 0.444. The Labute approximate surface area is 178 Å². The molecule has 1 N–H and O–H groups in total. The maximum atomic E-state index is 12.5. The summed E-state index contributed by atoms with van der Waals surface area (Å²) in [6.07, 6.45) is 3.25. The zero-order valence-electron chi connectivity index (χ0n) is 17.1. The molecule has 30 heavy (non-hydrogen) atoms. The minimum absolute atomic E-state index is 0.0755. The molecule has 6 nitrogen and oxygen atoms in total. The number of hydrogen-bond donors (Lipinski definition) is 1. The van der Waals surface area contributed by atoms with Gasteiger partial charge in [-0.05, 0) is 43.7 Å². The zero-order valence-corrected chi connectivity index (χ0v) is 18.0.